The molecule has 1 aromatic heterocycles. The van der Waals surface area contributed by atoms with Crippen LogP contribution in [-0.2, 0) is 11.4 Å². The third-order valence-corrected chi connectivity index (χ3v) is 4.69. The monoisotopic (exact) mass is 318 g/mol. The minimum absolute atomic E-state index is 0.0419. The second-order valence-electron chi connectivity index (χ2n) is 5.39. The predicted octanol–water partition coefficient (Wildman–Crippen LogP) is 3.56. The number of carbonyl (C=O) groups excluding carboxylic acids is 1. The van der Waals surface area contributed by atoms with Crippen LogP contribution in [0.1, 0.15) is 37.1 Å². The first kappa shape index (κ1) is 15.1. The molecule has 1 unspecified atom stereocenters. The Labute approximate surface area is 133 Å². The summed E-state index contributed by atoms with van der Waals surface area (Å²) in [5.41, 5.74) is 1.13. The van der Waals surface area contributed by atoms with Gasteiger partial charge in [-0.3, -0.25) is 4.79 Å². The summed E-state index contributed by atoms with van der Waals surface area (Å²) in [6.07, 6.45) is 3.63. The lowest BCUT2D eigenvalue weighted by atomic mass is 9.99. The first-order valence-corrected chi connectivity index (χ1v) is 8.30. The Morgan fingerprint density at radius 1 is 1.36 bits per heavy atom. The minimum atomic E-state index is -0.0419. The predicted molar refractivity (Wildman–Crippen MR) is 82.9 cm³/mol. The maximum atomic E-state index is 11.8. The molecule has 1 aliphatic rings. The Bertz CT molecular complexity index is 656. The van der Waals surface area contributed by atoms with Gasteiger partial charge in [0.25, 0.3) is 11.1 Å². The van der Waals surface area contributed by atoms with Crippen molar-refractivity contribution in [2.24, 2.45) is 0 Å². The summed E-state index contributed by atoms with van der Waals surface area (Å²) in [4.78, 5) is 11.8. The van der Waals surface area contributed by atoms with Crippen molar-refractivity contribution in [2.45, 2.75) is 49.7 Å². The molecule has 22 heavy (non-hydrogen) atoms. The van der Waals surface area contributed by atoms with Crippen molar-refractivity contribution in [3.05, 3.63) is 35.7 Å². The number of hydrogen-bond acceptors (Lipinski definition) is 6. The Morgan fingerprint density at radius 3 is 3.09 bits per heavy atom. The fourth-order valence-corrected chi connectivity index (χ4v) is 3.40. The van der Waals surface area contributed by atoms with E-state index >= 15 is 0 Å². The quantitative estimate of drug-likeness (QED) is 0.840. The molecule has 0 amide bonds. The summed E-state index contributed by atoms with van der Waals surface area (Å²) in [6, 6.07) is 7.79. The number of aryl methyl sites for hydroxylation is 1. The number of ether oxygens (including phenoxy) is 1. The molecule has 0 aliphatic heterocycles. The third-order valence-electron chi connectivity index (χ3n) is 3.54. The zero-order chi connectivity index (χ0) is 15.4. The lowest BCUT2D eigenvalue weighted by molar-refractivity contribution is -0.119. The zero-order valence-corrected chi connectivity index (χ0v) is 13.3. The van der Waals surface area contributed by atoms with Gasteiger partial charge >= 0.3 is 0 Å². The Kier molecular flexibility index (Phi) is 4.77. The summed E-state index contributed by atoms with van der Waals surface area (Å²) in [6.45, 7) is 2.24. The van der Waals surface area contributed by atoms with Gasteiger partial charge in [-0.1, -0.05) is 30.3 Å². The summed E-state index contributed by atoms with van der Waals surface area (Å²) in [5.74, 6) is 1.48. The average Bonchev–Trinajstić information content (AvgIpc) is 2.95. The van der Waals surface area contributed by atoms with Crippen LogP contribution in [0.3, 0.4) is 0 Å². The second kappa shape index (κ2) is 6.96. The van der Waals surface area contributed by atoms with E-state index in [-0.39, 0.29) is 17.6 Å². The minimum Gasteiger partial charge on any atom is -0.484 e. The van der Waals surface area contributed by atoms with Gasteiger partial charge in [0.15, 0.2) is 6.61 Å². The number of nitrogens with zero attached hydrogens (tertiary/aromatic N) is 2. The molecule has 1 heterocycles. The fraction of sp³-hybridized carbons (Fsp3) is 0.438. The Hall–Kier alpha value is -1.82. The molecule has 0 N–H and O–H groups in total. The van der Waals surface area contributed by atoms with Gasteiger partial charge in [-0.25, -0.2) is 0 Å². The van der Waals surface area contributed by atoms with Gasteiger partial charge in [0.05, 0.1) is 5.25 Å². The highest BCUT2D eigenvalue weighted by Crippen LogP contribution is 2.30. The molecule has 5 nitrogen and oxygen atoms in total. The molecule has 0 radical (unpaired) electrons. The van der Waals surface area contributed by atoms with Gasteiger partial charge in [0, 0.05) is 6.42 Å². The number of carbonyl (C=O) groups is 1. The van der Waals surface area contributed by atoms with E-state index in [1.165, 1.54) is 11.8 Å². The highest BCUT2D eigenvalue weighted by atomic mass is 32.2. The van der Waals surface area contributed by atoms with Crippen LogP contribution in [0.25, 0.3) is 0 Å². The van der Waals surface area contributed by atoms with Crippen molar-refractivity contribution in [1.82, 2.24) is 10.2 Å². The summed E-state index contributed by atoms with van der Waals surface area (Å²) >= 11 is 1.37. The Morgan fingerprint density at radius 2 is 2.27 bits per heavy atom. The molecular formula is C16H18N2O3S. The van der Waals surface area contributed by atoms with Crippen LogP contribution in [0.15, 0.2) is 33.9 Å². The van der Waals surface area contributed by atoms with E-state index in [4.69, 9.17) is 9.15 Å². The number of aromatic nitrogens is 2. The first-order chi connectivity index (χ1) is 10.7. The van der Waals surface area contributed by atoms with Crippen LogP contribution in [0.2, 0.25) is 0 Å². The van der Waals surface area contributed by atoms with Crippen molar-refractivity contribution in [2.75, 3.05) is 0 Å². The van der Waals surface area contributed by atoms with Gasteiger partial charge in [-0.15, -0.1) is 10.2 Å². The van der Waals surface area contributed by atoms with Gasteiger partial charge in [-0.05, 0) is 37.5 Å². The van der Waals surface area contributed by atoms with Crippen LogP contribution in [0.4, 0.5) is 0 Å². The lowest BCUT2D eigenvalue weighted by Gasteiger charge is -2.17. The first-order valence-electron chi connectivity index (χ1n) is 7.42. The maximum Gasteiger partial charge on any atom is 0.277 e. The molecule has 116 valence electrons. The van der Waals surface area contributed by atoms with Crippen LogP contribution in [0.5, 0.6) is 5.75 Å². The van der Waals surface area contributed by atoms with Crippen molar-refractivity contribution in [1.29, 1.82) is 0 Å². The average molecular weight is 318 g/mol. The van der Waals surface area contributed by atoms with E-state index in [1.807, 2.05) is 31.2 Å². The molecule has 1 saturated carbocycles. The number of hydrogen-bond donors (Lipinski definition) is 0. The second-order valence-corrected chi connectivity index (χ2v) is 6.54. The topological polar surface area (TPSA) is 65.2 Å². The Balaban J connectivity index is 1.55. The number of benzene rings is 1. The van der Waals surface area contributed by atoms with E-state index in [0.29, 0.717) is 17.5 Å². The van der Waals surface area contributed by atoms with Gasteiger partial charge < -0.3 is 9.15 Å². The molecule has 1 fully saturated rings. The van der Waals surface area contributed by atoms with Gasteiger partial charge in [0.1, 0.15) is 11.5 Å². The number of thioether (sulfide) groups is 1. The highest BCUT2D eigenvalue weighted by molar-refractivity contribution is 8.00. The van der Waals surface area contributed by atoms with Crippen LogP contribution in [0, 0.1) is 6.92 Å². The summed E-state index contributed by atoms with van der Waals surface area (Å²) in [5, 5.41) is 8.36. The maximum absolute atomic E-state index is 11.8. The standard InChI is InChI=1S/C16H18N2O3S/c1-11-5-4-6-12(9-11)20-10-15-17-18-16(21-15)22-14-8-3-2-7-13(14)19/h4-6,9,14H,2-3,7-8,10H2,1H3. The normalized spacial score (nSPS) is 18.4. The van der Waals surface area contributed by atoms with E-state index in [1.54, 1.807) is 0 Å². The fourth-order valence-electron chi connectivity index (χ4n) is 2.39. The van der Waals surface area contributed by atoms with Crippen molar-refractivity contribution < 1.29 is 13.9 Å². The largest absolute Gasteiger partial charge is 0.484 e. The van der Waals surface area contributed by atoms with E-state index in [0.717, 1.165) is 30.6 Å². The number of ketones is 1. The third kappa shape index (κ3) is 3.88. The van der Waals surface area contributed by atoms with E-state index in [2.05, 4.69) is 10.2 Å². The van der Waals surface area contributed by atoms with Crippen molar-refractivity contribution in [3.63, 3.8) is 0 Å². The van der Waals surface area contributed by atoms with Gasteiger partial charge in [-0.2, -0.15) is 0 Å². The zero-order valence-electron chi connectivity index (χ0n) is 12.4. The number of rotatable bonds is 5. The summed E-state index contributed by atoms with van der Waals surface area (Å²) in [7, 11) is 0. The molecule has 1 aromatic carbocycles. The van der Waals surface area contributed by atoms with Crippen LogP contribution < -0.4 is 4.74 Å². The summed E-state index contributed by atoms with van der Waals surface area (Å²) < 4.78 is 11.2. The number of Topliss-reactive ketones (excluding diaryl/α,β-unsaturated/α-hetero) is 1. The van der Waals surface area contributed by atoms with Crippen LogP contribution >= 0.6 is 11.8 Å². The van der Waals surface area contributed by atoms with Gasteiger partial charge in [0.2, 0.25) is 0 Å². The molecule has 0 spiro atoms. The van der Waals surface area contributed by atoms with Crippen LogP contribution in [-0.4, -0.2) is 21.2 Å². The molecule has 2 aromatic rings. The molecule has 3 rings (SSSR count). The molecular weight excluding hydrogens is 300 g/mol. The molecule has 6 heteroatoms. The van der Waals surface area contributed by atoms with Crippen molar-refractivity contribution >= 4 is 17.5 Å². The molecule has 0 bridgehead atoms. The van der Waals surface area contributed by atoms with Crippen molar-refractivity contribution in [3.8, 4) is 5.75 Å². The molecule has 0 saturated heterocycles. The molecule has 1 aliphatic carbocycles. The SMILES string of the molecule is Cc1cccc(OCc2nnc(SC3CCCCC3=O)o2)c1. The highest BCUT2D eigenvalue weighted by Gasteiger charge is 2.25. The van der Waals surface area contributed by atoms with E-state index < -0.39 is 0 Å². The smallest absolute Gasteiger partial charge is 0.277 e. The van der Waals surface area contributed by atoms with E-state index in [9.17, 15) is 4.79 Å². The molecule has 1 atom stereocenters. The lowest BCUT2D eigenvalue weighted by Crippen LogP contribution is -2.21.